The Morgan fingerprint density at radius 1 is 1.27 bits per heavy atom. The molecule has 0 unspecified atom stereocenters. The van der Waals surface area contributed by atoms with Crippen LogP contribution in [0.15, 0.2) is 12.1 Å². The number of ketones is 1. The summed E-state index contributed by atoms with van der Waals surface area (Å²) < 4.78 is 26.0. The van der Waals surface area contributed by atoms with Gasteiger partial charge in [0.05, 0.1) is 5.56 Å². The lowest BCUT2D eigenvalue weighted by Crippen LogP contribution is -2.06. The molecule has 1 aromatic carbocycles. The standard InChI is InChI=1S/C10H8F2O3/c1-5(13)2-6-3-7(10(14)15)9(12)4-8(6)11/h3-4H,2H2,1H3,(H,14,15). The normalized spacial score (nSPS) is 10.1. The Balaban J connectivity index is 3.23. The Hall–Kier alpha value is -1.78. The third-order valence-electron chi connectivity index (χ3n) is 1.81. The smallest absolute Gasteiger partial charge is 0.338 e. The number of carboxylic acid groups (broad SMARTS) is 1. The van der Waals surface area contributed by atoms with E-state index in [1.54, 1.807) is 0 Å². The maximum atomic E-state index is 13.1. The number of carbonyl (C=O) groups excluding carboxylic acids is 1. The molecule has 5 heteroatoms. The summed E-state index contributed by atoms with van der Waals surface area (Å²) in [6, 6.07) is 1.32. The van der Waals surface area contributed by atoms with Crippen LogP contribution in [0.3, 0.4) is 0 Å². The Bertz CT molecular complexity index is 427. The Morgan fingerprint density at radius 3 is 2.33 bits per heavy atom. The first-order valence-corrected chi connectivity index (χ1v) is 4.12. The molecule has 0 aromatic heterocycles. The third-order valence-corrected chi connectivity index (χ3v) is 1.81. The van der Waals surface area contributed by atoms with Crippen molar-refractivity contribution in [2.24, 2.45) is 0 Å². The molecule has 15 heavy (non-hydrogen) atoms. The van der Waals surface area contributed by atoms with Crippen molar-refractivity contribution in [2.45, 2.75) is 13.3 Å². The van der Waals surface area contributed by atoms with Crippen LogP contribution in [0.4, 0.5) is 8.78 Å². The van der Waals surface area contributed by atoms with Crippen LogP contribution in [0.2, 0.25) is 0 Å². The summed E-state index contributed by atoms with van der Waals surface area (Å²) in [4.78, 5) is 21.2. The molecule has 0 saturated heterocycles. The summed E-state index contributed by atoms with van der Waals surface area (Å²) >= 11 is 0. The van der Waals surface area contributed by atoms with Crippen molar-refractivity contribution in [1.82, 2.24) is 0 Å². The Kier molecular flexibility index (Phi) is 3.14. The molecule has 0 aliphatic heterocycles. The molecule has 0 aliphatic rings. The van der Waals surface area contributed by atoms with Crippen LogP contribution in [0, 0.1) is 11.6 Å². The SMILES string of the molecule is CC(=O)Cc1cc(C(=O)O)c(F)cc1F. The monoisotopic (exact) mass is 214 g/mol. The van der Waals surface area contributed by atoms with E-state index in [0.717, 1.165) is 6.07 Å². The van der Waals surface area contributed by atoms with Gasteiger partial charge in [0.25, 0.3) is 0 Å². The molecule has 1 aromatic rings. The number of carboxylic acids is 1. The zero-order valence-electron chi connectivity index (χ0n) is 7.88. The first kappa shape index (κ1) is 11.3. The van der Waals surface area contributed by atoms with Gasteiger partial charge in [-0.2, -0.15) is 0 Å². The van der Waals surface area contributed by atoms with Crippen molar-refractivity contribution >= 4 is 11.8 Å². The van der Waals surface area contributed by atoms with Crippen LogP contribution in [0.5, 0.6) is 0 Å². The topological polar surface area (TPSA) is 54.4 Å². The van der Waals surface area contributed by atoms with E-state index in [9.17, 15) is 18.4 Å². The zero-order chi connectivity index (χ0) is 11.6. The lowest BCUT2D eigenvalue weighted by Gasteiger charge is -2.03. The molecule has 0 heterocycles. The van der Waals surface area contributed by atoms with Crippen LogP contribution in [0.25, 0.3) is 0 Å². The fourth-order valence-corrected chi connectivity index (χ4v) is 1.16. The highest BCUT2D eigenvalue weighted by Crippen LogP contribution is 2.15. The molecule has 1 N–H and O–H groups in total. The maximum Gasteiger partial charge on any atom is 0.338 e. The molecule has 80 valence electrons. The molecule has 0 saturated carbocycles. The molecule has 0 aliphatic carbocycles. The average molecular weight is 214 g/mol. The molecule has 1 rings (SSSR count). The third kappa shape index (κ3) is 2.59. The second kappa shape index (κ2) is 4.16. The summed E-state index contributed by atoms with van der Waals surface area (Å²) in [6.45, 7) is 1.24. The number of hydrogen-bond donors (Lipinski definition) is 1. The Morgan fingerprint density at radius 2 is 1.87 bits per heavy atom. The van der Waals surface area contributed by atoms with E-state index in [-0.39, 0.29) is 17.8 Å². The van der Waals surface area contributed by atoms with Gasteiger partial charge in [-0.05, 0) is 18.6 Å². The highest BCUT2D eigenvalue weighted by atomic mass is 19.1. The van der Waals surface area contributed by atoms with Crippen LogP contribution >= 0.6 is 0 Å². The van der Waals surface area contributed by atoms with Gasteiger partial charge in [0.2, 0.25) is 0 Å². The molecule has 0 spiro atoms. The molecular weight excluding hydrogens is 206 g/mol. The summed E-state index contributed by atoms with van der Waals surface area (Å²) in [6.07, 6.45) is -0.244. The summed E-state index contributed by atoms with van der Waals surface area (Å²) in [5.41, 5.74) is -0.742. The maximum absolute atomic E-state index is 13.1. The van der Waals surface area contributed by atoms with Crippen molar-refractivity contribution in [1.29, 1.82) is 0 Å². The minimum absolute atomic E-state index is 0.110. The first-order valence-electron chi connectivity index (χ1n) is 4.12. The number of hydrogen-bond acceptors (Lipinski definition) is 2. The van der Waals surface area contributed by atoms with Crippen molar-refractivity contribution in [3.8, 4) is 0 Å². The molecule has 0 amide bonds. The van der Waals surface area contributed by atoms with E-state index in [1.165, 1.54) is 6.92 Å². The molecule has 0 fully saturated rings. The summed E-state index contributed by atoms with van der Waals surface area (Å²) in [5.74, 6) is -3.87. The molecule has 3 nitrogen and oxygen atoms in total. The molecule has 0 bridgehead atoms. The van der Waals surface area contributed by atoms with Crippen LogP contribution in [-0.4, -0.2) is 16.9 Å². The van der Waals surface area contributed by atoms with Gasteiger partial charge in [-0.15, -0.1) is 0 Å². The molecule has 0 atom stereocenters. The van der Waals surface area contributed by atoms with Gasteiger partial charge in [-0.3, -0.25) is 4.79 Å². The number of rotatable bonds is 3. The van der Waals surface area contributed by atoms with E-state index in [0.29, 0.717) is 6.07 Å². The average Bonchev–Trinajstić information content (AvgIpc) is 2.08. The number of Topliss-reactive ketones (excluding diaryl/α,β-unsaturated/α-hetero) is 1. The fourth-order valence-electron chi connectivity index (χ4n) is 1.16. The van der Waals surface area contributed by atoms with Crippen molar-refractivity contribution in [3.05, 3.63) is 34.9 Å². The second-order valence-electron chi connectivity index (χ2n) is 3.11. The second-order valence-corrected chi connectivity index (χ2v) is 3.11. The van der Waals surface area contributed by atoms with E-state index in [4.69, 9.17) is 5.11 Å². The largest absolute Gasteiger partial charge is 0.478 e. The molecule has 0 radical (unpaired) electrons. The van der Waals surface area contributed by atoms with Gasteiger partial charge < -0.3 is 5.11 Å². The highest BCUT2D eigenvalue weighted by molar-refractivity contribution is 5.88. The van der Waals surface area contributed by atoms with Gasteiger partial charge in [0, 0.05) is 12.5 Å². The first-order chi connectivity index (χ1) is 6.91. The Labute approximate surface area is 84.3 Å². The highest BCUT2D eigenvalue weighted by Gasteiger charge is 2.15. The van der Waals surface area contributed by atoms with E-state index >= 15 is 0 Å². The fraction of sp³-hybridized carbons (Fsp3) is 0.200. The van der Waals surface area contributed by atoms with E-state index < -0.39 is 23.2 Å². The quantitative estimate of drug-likeness (QED) is 0.834. The van der Waals surface area contributed by atoms with Crippen molar-refractivity contribution in [2.75, 3.05) is 0 Å². The predicted molar refractivity (Wildman–Crippen MR) is 47.7 cm³/mol. The minimum atomic E-state index is -1.49. The number of halogens is 2. The van der Waals surface area contributed by atoms with Crippen LogP contribution in [0.1, 0.15) is 22.8 Å². The lowest BCUT2D eigenvalue weighted by atomic mass is 10.1. The van der Waals surface area contributed by atoms with E-state index in [1.807, 2.05) is 0 Å². The van der Waals surface area contributed by atoms with Crippen molar-refractivity contribution in [3.63, 3.8) is 0 Å². The van der Waals surface area contributed by atoms with Crippen molar-refractivity contribution < 1.29 is 23.5 Å². The van der Waals surface area contributed by atoms with Gasteiger partial charge in [0.1, 0.15) is 17.4 Å². The van der Waals surface area contributed by atoms with Gasteiger partial charge in [0.15, 0.2) is 0 Å². The molecular formula is C10H8F2O3. The van der Waals surface area contributed by atoms with Gasteiger partial charge in [-0.25, -0.2) is 13.6 Å². The number of benzene rings is 1. The van der Waals surface area contributed by atoms with Crippen LogP contribution < -0.4 is 0 Å². The zero-order valence-corrected chi connectivity index (χ0v) is 7.88. The number of carbonyl (C=O) groups is 2. The number of aromatic carboxylic acids is 1. The summed E-state index contributed by atoms with van der Waals surface area (Å²) in [5, 5.41) is 8.57. The van der Waals surface area contributed by atoms with Gasteiger partial charge in [-0.1, -0.05) is 0 Å². The predicted octanol–water partition coefficient (Wildman–Crippen LogP) is 1.79. The van der Waals surface area contributed by atoms with Gasteiger partial charge >= 0.3 is 5.97 Å². The summed E-state index contributed by atoms with van der Waals surface area (Å²) in [7, 11) is 0. The lowest BCUT2D eigenvalue weighted by molar-refractivity contribution is -0.116. The minimum Gasteiger partial charge on any atom is -0.478 e. The van der Waals surface area contributed by atoms with Crippen LogP contribution in [-0.2, 0) is 11.2 Å². The van der Waals surface area contributed by atoms with E-state index in [2.05, 4.69) is 0 Å².